The minimum atomic E-state index is -3.46. The average molecular weight is 626 g/mol. The van der Waals surface area contributed by atoms with Crippen LogP contribution >= 0.6 is 0 Å². The number of sulfone groups is 1. The predicted octanol–water partition coefficient (Wildman–Crippen LogP) is 3.65. The first-order chi connectivity index (χ1) is 20.8. The highest BCUT2D eigenvalue weighted by Crippen LogP contribution is 2.13. The Hall–Kier alpha value is -4.22. The minimum Gasteiger partial charge on any atom is -0.348 e. The van der Waals surface area contributed by atoms with Crippen LogP contribution in [-0.4, -0.2) is 61.5 Å². The van der Waals surface area contributed by atoms with E-state index in [0.717, 1.165) is 22.8 Å². The van der Waals surface area contributed by atoms with E-state index >= 15 is 0 Å². The summed E-state index contributed by atoms with van der Waals surface area (Å²) in [6, 6.07) is 8.91. The van der Waals surface area contributed by atoms with Crippen molar-refractivity contribution in [3.8, 4) is 0 Å². The Labute approximate surface area is 259 Å². The van der Waals surface area contributed by atoms with Crippen molar-refractivity contribution in [3.05, 3.63) is 87.9 Å². The number of carbonyl (C=O) groups excluding carboxylic acids is 3. The van der Waals surface area contributed by atoms with Gasteiger partial charge in [-0.3, -0.25) is 19.4 Å². The molecule has 238 valence electrons. The van der Waals surface area contributed by atoms with Crippen LogP contribution in [0.15, 0.2) is 71.5 Å². The molecule has 3 amide bonds. The molecule has 44 heavy (non-hydrogen) atoms. The van der Waals surface area contributed by atoms with Gasteiger partial charge < -0.3 is 16.0 Å². The van der Waals surface area contributed by atoms with Crippen molar-refractivity contribution in [2.24, 2.45) is 17.0 Å². The number of benzene rings is 1. The third kappa shape index (κ3) is 13.8. The van der Waals surface area contributed by atoms with Crippen molar-refractivity contribution < 1.29 is 22.8 Å². The van der Waals surface area contributed by atoms with Crippen LogP contribution in [0.1, 0.15) is 51.7 Å². The van der Waals surface area contributed by atoms with E-state index < -0.39 is 51.7 Å². The quantitative estimate of drug-likeness (QED) is 0.137. The van der Waals surface area contributed by atoms with Gasteiger partial charge in [0.2, 0.25) is 17.7 Å². The molecule has 3 N–H and O–H groups in total. The van der Waals surface area contributed by atoms with Crippen LogP contribution < -0.4 is 16.0 Å². The summed E-state index contributed by atoms with van der Waals surface area (Å²) in [4.78, 5) is 47.1. The number of hydrogen-bond donors (Lipinski definition) is 3. The molecule has 2 rings (SSSR count). The van der Waals surface area contributed by atoms with Gasteiger partial charge in [0.05, 0.1) is 6.04 Å². The number of amides is 3. The van der Waals surface area contributed by atoms with Gasteiger partial charge in [-0.15, -0.1) is 0 Å². The maximum atomic E-state index is 13.6. The van der Waals surface area contributed by atoms with E-state index in [1.165, 1.54) is 6.08 Å². The Bertz CT molecular complexity index is 1410. The van der Waals surface area contributed by atoms with Crippen molar-refractivity contribution in [2.45, 2.75) is 77.5 Å². The van der Waals surface area contributed by atoms with Crippen molar-refractivity contribution >= 4 is 27.6 Å². The standard InChI is InChI=1S/C31H43N7O5S/c1-21(2)17-26(29(39)34-25(13-16-44(5,42)43)19-24-11-14-33-15-12-24)35-30(40)27(18-22(3)4)36-31(41)28(37-38-32)20-23-9-7-6-8-10-23/h6-16,21-22,25-28H,17-20H2,1-5H3,(H,34,39)(H,35,40)(H,36,41)/b16-13+/t25-,26+,27+,28+/m1/s1. The molecular formula is C31H43N7O5S. The van der Waals surface area contributed by atoms with Crippen molar-refractivity contribution in [2.75, 3.05) is 6.26 Å². The number of azide groups is 1. The van der Waals surface area contributed by atoms with Gasteiger partial charge in [0.15, 0.2) is 9.84 Å². The highest BCUT2D eigenvalue weighted by atomic mass is 32.2. The van der Waals surface area contributed by atoms with Gasteiger partial charge in [-0.05, 0) is 66.3 Å². The van der Waals surface area contributed by atoms with E-state index in [1.54, 1.807) is 24.5 Å². The summed E-state index contributed by atoms with van der Waals surface area (Å²) in [6.07, 6.45) is 6.72. The highest BCUT2D eigenvalue weighted by Gasteiger charge is 2.30. The smallest absolute Gasteiger partial charge is 0.243 e. The molecule has 0 fully saturated rings. The Morgan fingerprint density at radius 1 is 0.841 bits per heavy atom. The fourth-order valence-electron chi connectivity index (χ4n) is 4.49. The van der Waals surface area contributed by atoms with Crippen molar-refractivity contribution in [1.82, 2.24) is 20.9 Å². The van der Waals surface area contributed by atoms with Gasteiger partial charge in [-0.1, -0.05) is 69.2 Å². The summed E-state index contributed by atoms with van der Waals surface area (Å²) in [7, 11) is -3.46. The Kier molecular flexibility index (Phi) is 14.5. The summed E-state index contributed by atoms with van der Waals surface area (Å²) in [5.41, 5.74) is 10.7. The molecule has 1 aromatic heterocycles. The number of nitrogens with zero attached hydrogens (tertiary/aromatic N) is 4. The molecule has 1 aromatic carbocycles. The first kappa shape index (κ1) is 36.0. The SMILES string of the molecule is CC(C)C[C@H](NC(=O)[C@H](Cc1ccccc1)N=[N+]=[N-])C(=O)N[C@@H](CC(C)C)C(=O)N[C@H](/C=C/S(C)(=O)=O)Cc1ccncc1. The molecule has 0 aliphatic heterocycles. The molecular weight excluding hydrogens is 582 g/mol. The number of carbonyl (C=O) groups is 3. The zero-order valence-electron chi connectivity index (χ0n) is 25.9. The van der Waals surface area contributed by atoms with E-state index in [0.29, 0.717) is 12.8 Å². The number of hydrogen-bond acceptors (Lipinski definition) is 7. The Morgan fingerprint density at radius 2 is 1.36 bits per heavy atom. The molecule has 0 spiro atoms. The molecule has 1 heterocycles. The van der Waals surface area contributed by atoms with Crippen LogP contribution in [0.3, 0.4) is 0 Å². The predicted molar refractivity (Wildman–Crippen MR) is 170 cm³/mol. The molecule has 12 nitrogen and oxygen atoms in total. The van der Waals surface area contributed by atoms with E-state index in [9.17, 15) is 22.8 Å². The van der Waals surface area contributed by atoms with Crippen molar-refractivity contribution in [1.29, 1.82) is 0 Å². The molecule has 0 bridgehead atoms. The second-order valence-electron chi connectivity index (χ2n) is 11.6. The van der Waals surface area contributed by atoms with Gasteiger partial charge in [-0.2, -0.15) is 0 Å². The topological polar surface area (TPSA) is 183 Å². The van der Waals surface area contributed by atoms with E-state index in [4.69, 9.17) is 5.53 Å². The monoisotopic (exact) mass is 625 g/mol. The number of nitrogens with one attached hydrogen (secondary N) is 3. The lowest BCUT2D eigenvalue weighted by atomic mass is 9.99. The largest absolute Gasteiger partial charge is 0.348 e. The van der Waals surface area contributed by atoms with Gasteiger partial charge in [0.25, 0.3) is 0 Å². The highest BCUT2D eigenvalue weighted by molar-refractivity contribution is 7.93. The van der Waals surface area contributed by atoms with Gasteiger partial charge in [0.1, 0.15) is 18.1 Å². The summed E-state index contributed by atoms with van der Waals surface area (Å²) >= 11 is 0. The Morgan fingerprint density at radius 3 is 1.89 bits per heavy atom. The second kappa shape index (κ2) is 17.8. The molecule has 0 unspecified atom stereocenters. The molecule has 0 saturated heterocycles. The fraction of sp³-hybridized carbons (Fsp3) is 0.484. The lowest BCUT2D eigenvalue weighted by Gasteiger charge is -2.27. The molecule has 4 atom stereocenters. The van der Waals surface area contributed by atoms with Gasteiger partial charge >= 0.3 is 0 Å². The zero-order chi connectivity index (χ0) is 32.7. The number of rotatable bonds is 17. The second-order valence-corrected chi connectivity index (χ2v) is 13.6. The average Bonchev–Trinajstić information content (AvgIpc) is 2.95. The molecule has 0 saturated carbocycles. The maximum absolute atomic E-state index is 13.6. The fourth-order valence-corrected chi connectivity index (χ4v) is 4.97. The first-order valence-corrected chi connectivity index (χ1v) is 16.5. The third-order valence-corrected chi connectivity index (χ3v) is 7.19. The van der Waals surface area contributed by atoms with Gasteiger partial charge in [-0.25, -0.2) is 8.42 Å². The molecule has 0 aliphatic rings. The first-order valence-electron chi connectivity index (χ1n) is 14.5. The van der Waals surface area contributed by atoms with Crippen LogP contribution in [0.25, 0.3) is 10.4 Å². The summed E-state index contributed by atoms with van der Waals surface area (Å²) < 4.78 is 23.6. The molecule has 0 radical (unpaired) electrons. The third-order valence-electron chi connectivity index (χ3n) is 6.54. The summed E-state index contributed by atoms with van der Waals surface area (Å²) in [5.74, 6) is -1.60. The zero-order valence-corrected chi connectivity index (χ0v) is 26.7. The van der Waals surface area contributed by atoms with Gasteiger partial charge in [0, 0.05) is 29.0 Å². The van der Waals surface area contributed by atoms with E-state index in [1.807, 2.05) is 58.0 Å². The molecule has 2 aromatic rings. The van der Waals surface area contributed by atoms with Crippen LogP contribution in [0.2, 0.25) is 0 Å². The molecule has 13 heteroatoms. The number of aromatic nitrogens is 1. The lowest BCUT2D eigenvalue weighted by molar-refractivity contribution is -0.133. The van der Waals surface area contributed by atoms with Crippen molar-refractivity contribution in [3.63, 3.8) is 0 Å². The van der Waals surface area contributed by atoms with Crippen LogP contribution in [0.4, 0.5) is 0 Å². The summed E-state index contributed by atoms with van der Waals surface area (Å²) in [6.45, 7) is 7.62. The molecule has 0 aliphatic carbocycles. The van der Waals surface area contributed by atoms with Crippen LogP contribution in [0.5, 0.6) is 0 Å². The van der Waals surface area contributed by atoms with E-state index in [2.05, 4.69) is 31.0 Å². The Balaban J connectivity index is 2.25. The lowest BCUT2D eigenvalue weighted by Crippen LogP contribution is -2.56. The minimum absolute atomic E-state index is 0.0151. The van der Waals surface area contributed by atoms with Crippen LogP contribution in [-0.2, 0) is 37.1 Å². The van der Waals surface area contributed by atoms with Crippen LogP contribution in [0, 0.1) is 11.8 Å². The number of pyridine rings is 1. The maximum Gasteiger partial charge on any atom is 0.243 e. The van der Waals surface area contributed by atoms with E-state index in [-0.39, 0.29) is 24.7 Å². The normalized spacial score (nSPS) is 14.3. The summed E-state index contributed by atoms with van der Waals surface area (Å²) in [5, 5.41) is 13.1.